The molecular formula is C37H38FN7O3. The van der Waals surface area contributed by atoms with Crippen LogP contribution in [0.1, 0.15) is 53.1 Å². The highest BCUT2D eigenvalue weighted by Gasteiger charge is 2.44. The second-order valence-corrected chi connectivity index (χ2v) is 13.8. The van der Waals surface area contributed by atoms with Crippen molar-refractivity contribution >= 4 is 22.8 Å². The normalized spacial score (nSPS) is 19.4. The number of nitrogens with zero attached hydrogens (tertiary/aromatic N) is 5. The highest BCUT2D eigenvalue weighted by atomic mass is 19.1. The Kier molecular flexibility index (Phi) is 7.51. The molecule has 246 valence electrons. The molecule has 2 N–H and O–H groups in total. The van der Waals surface area contributed by atoms with E-state index in [1.807, 2.05) is 24.3 Å². The molecule has 1 aliphatic carbocycles. The Morgan fingerprint density at radius 2 is 1.81 bits per heavy atom. The van der Waals surface area contributed by atoms with Crippen LogP contribution in [-0.4, -0.2) is 75.9 Å². The third-order valence-electron chi connectivity index (χ3n) is 10.1. The molecule has 10 nitrogen and oxygen atoms in total. The molecule has 1 amide bonds. The van der Waals surface area contributed by atoms with Gasteiger partial charge >= 0.3 is 5.69 Å². The Hall–Kier alpha value is -5.03. The van der Waals surface area contributed by atoms with Crippen molar-refractivity contribution in [3.8, 4) is 22.6 Å². The van der Waals surface area contributed by atoms with E-state index in [9.17, 15) is 14.0 Å². The van der Waals surface area contributed by atoms with Gasteiger partial charge < -0.3 is 24.5 Å². The summed E-state index contributed by atoms with van der Waals surface area (Å²) in [6, 6.07) is 16.4. The van der Waals surface area contributed by atoms with Crippen LogP contribution in [0.5, 0.6) is 11.5 Å². The zero-order valence-corrected chi connectivity index (χ0v) is 27.1. The number of rotatable bonds is 8. The maximum atomic E-state index is 14.8. The van der Waals surface area contributed by atoms with Gasteiger partial charge in [-0.25, -0.2) is 19.2 Å². The first-order valence-electron chi connectivity index (χ1n) is 16.6. The highest BCUT2D eigenvalue weighted by Crippen LogP contribution is 2.48. The number of hydrogen-bond acceptors (Lipinski definition) is 7. The Labute approximate surface area is 277 Å². The maximum absolute atomic E-state index is 14.8. The highest BCUT2D eigenvalue weighted by molar-refractivity contribution is 5.95. The van der Waals surface area contributed by atoms with Crippen molar-refractivity contribution in [1.29, 1.82) is 0 Å². The SMILES string of the molecule is CN(C)C(=O)c1ccc(-c2cc(F)ccc2Oc2cncnc2N2CCC3(CCN(Cc4ccc5[nH]c(=O)[nH]c5c4)C3)C2)c(C2CC2)c1. The van der Waals surface area contributed by atoms with E-state index in [0.717, 1.165) is 86.4 Å². The number of aromatic nitrogens is 4. The summed E-state index contributed by atoms with van der Waals surface area (Å²) >= 11 is 0. The van der Waals surface area contributed by atoms with Gasteiger partial charge in [-0.1, -0.05) is 12.1 Å². The summed E-state index contributed by atoms with van der Waals surface area (Å²) in [4.78, 5) is 45.5. The fraction of sp³-hybridized carbons (Fsp3) is 0.351. The van der Waals surface area contributed by atoms with Gasteiger partial charge in [0.1, 0.15) is 17.9 Å². The zero-order chi connectivity index (χ0) is 33.0. The third-order valence-corrected chi connectivity index (χ3v) is 10.1. The van der Waals surface area contributed by atoms with Crippen molar-refractivity contribution in [3.05, 3.63) is 100 Å². The zero-order valence-electron chi connectivity index (χ0n) is 27.1. The predicted molar refractivity (Wildman–Crippen MR) is 182 cm³/mol. The lowest BCUT2D eigenvalue weighted by atomic mass is 9.86. The summed E-state index contributed by atoms with van der Waals surface area (Å²) in [6.45, 7) is 4.51. The number of carbonyl (C=O) groups is 1. The Morgan fingerprint density at radius 3 is 2.65 bits per heavy atom. The smallest absolute Gasteiger partial charge is 0.323 e. The van der Waals surface area contributed by atoms with E-state index < -0.39 is 0 Å². The first kappa shape index (κ1) is 30.3. The van der Waals surface area contributed by atoms with Crippen LogP contribution in [0.2, 0.25) is 0 Å². The summed E-state index contributed by atoms with van der Waals surface area (Å²) in [6.07, 6.45) is 7.43. The van der Waals surface area contributed by atoms with Crippen LogP contribution in [0.3, 0.4) is 0 Å². The summed E-state index contributed by atoms with van der Waals surface area (Å²) in [7, 11) is 3.48. The number of amides is 1. The molecule has 1 unspecified atom stereocenters. The summed E-state index contributed by atoms with van der Waals surface area (Å²) in [5.74, 6) is 1.68. The molecule has 48 heavy (non-hydrogen) atoms. The molecule has 0 bridgehead atoms. The van der Waals surface area contributed by atoms with Crippen molar-refractivity contribution in [2.75, 3.05) is 45.2 Å². The second kappa shape index (κ2) is 11.9. The lowest BCUT2D eigenvalue weighted by Gasteiger charge is -2.26. The number of fused-ring (bicyclic) bond motifs is 1. The topological polar surface area (TPSA) is 110 Å². The fourth-order valence-corrected chi connectivity index (χ4v) is 7.52. The predicted octanol–water partition coefficient (Wildman–Crippen LogP) is 5.93. The number of H-pyrrole nitrogens is 2. The second-order valence-electron chi connectivity index (χ2n) is 13.8. The minimum absolute atomic E-state index is 0.0604. The quantitative estimate of drug-likeness (QED) is 0.215. The largest absolute Gasteiger partial charge is 0.451 e. The number of ether oxygens (including phenoxy) is 1. The number of aromatic amines is 2. The molecule has 2 saturated heterocycles. The number of imidazole rings is 1. The molecule has 8 rings (SSSR count). The Morgan fingerprint density at radius 1 is 0.979 bits per heavy atom. The van der Waals surface area contributed by atoms with Crippen LogP contribution in [0.25, 0.3) is 22.2 Å². The van der Waals surface area contributed by atoms with Crippen LogP contribution in [-0.2, 0) is 6.54 Å². The van der Waals surface area contributed by atoms with Gasteiger partial charge in [0.25, 0.3) is 5.91 Å². The van der Waals surface area contributed by atoms with Crippen LogP contribution >= 0.6 is 0 Å². The van der Waals surface area contributed by atoms with E-state index in [1.54, 1.807) is 37.6 Å². The average molecular weight is 648 g/mol. The number of nitrogens with one attached hydrogen (secondary N) is 2. The van der Waals surface area contributed by atoms with E-state index in [2.05, 4.69) is 41.9 Å². The van der Waals surface area contributed by atoms with Gasteiger partial charge in [-0.3, -0.25) is 9.69 Å². The van der Waals surface area contributed by atoms with Crippen LogP contribution in [0.15, 0.2) is 71.9 Å². The molecule has 1 atom stereocenters. The van der Waals surface area contributed by atoms with Gasteiger partial charge in [0.15, 0.2) is 11.6 Å². The average Bonchev–Trinajstić information content (AvgIpc) is 3.58. The van der Waals surface area contributed by atoms with Crippen molar-refractivity contribution in [3.63, 3.8) is 0 Å². The molecule has 11 heteroatoms. The van der Waals surface area contributed by atoms with Gasteiger partial charge in [-0.2, -0.15) is 0 Å². The van der Waals surface area contributed by atoms with Crippen LogP contribution in [0, 0.1) is 11.2 Å². The van der Waals surface area contributed by atoms with Gasteiger partial charge in [0.2, 0.25) is 0 Å². The molecule has 3 aromatic carbocycles. The molecule has 3 fully saturated rings. The number of likely N-dealkylation sites (tertiary alicyclic amines) is 1. The number of halogens is 1. The number of benzene rings is 3. The lowest BCUT2D eigenvalue weighted by molar-refractivity contribution is 0.0827. The molecule has 3 aliphatic rings. The van der Waals surface area contributed by atoms with Gasteiger partial charge in [0, 0.05) is 56.8 Å². The van der Waals surface area contributed by atoms with Gasteiger partial charge in [-0.15, -0.1) is 0 Å². The molecule has 1 spiro atoms. The van der Waals surface area contributed by atoms with Crippen molar-refractivity contribution in [2.45, 2.75) is 38.1 Å². The maximum Gasteiger partial charge on any atom is 0.323 e. The number of anilines is 1. The van der Waals surface area contributed by atoms with Crippen LogP contribution < -0.4 is 15.3 Å². The lowest BCUT2D eigenvalue weighted by Crippen LogP contribution is -2.31. The molecular weight excluding hydrogens is 609 g/mol. The van der Waals surface area contributed by atoms with E-state index >= 15 is 0 Å². The standard InChI is InChI=1S/C37H38FN7O3/c1-43(2)35(46)25-6-8-27(28(16-25)24-4-5-24)29-17-26(38)7-10-32(29)48-33-18-39-22-40-34(33)45-14-12-37(21-45)11-13-44(20-37)19-23-3-9-30-31(15-23)42-36(47)41-30/h3,6-10,15-18,22,24H,4-5,11-14,19-21H2,1-2H3,(H2,41,42,47). The van der Waals surface area contributed by atoms with Crippen LogP contribution in [0.4, 0.5) is 10.2 Å². The van der Waals surface area contributed by atoms with Crippen molar-refractivity contribution in [1.82, 2.24) is 29.7 Å². The monoisotopic (exact) mass is 647 g/mol. The van der Waals surface area contributed by atoms with E-state index in [-0.39, 0.29) is 22.8 Å². The van der Waals surface area contributed by atoms with E-state index in [4.69, 9.17) is 4.74 Å². The van der Waals surface area contributed by atoms with Crippen molar-refractivity contribution in [2.24, 2.45) is 5.41 Å². The first-order valence-corrected chi connectivity index (χ1v) is 16.6. The van der Waals surface area contributed by atoms with E-state index in [0.29, 0.717) is 28.5 Å². The molecule has 5 aromatic rings. The van der Waals surface area contributed by atoms with E-state index in [1.165, 1.54) is 17.7 Å². The first-order chi connectivity index (χ1) is 23.2. The Balaban J connectivity index is 1.02. The van der Waals surface area contributed by atoms with Gasteiger partial charge in [-0.05, 0) is 97.3 Å². The Bertz CT molecular complexity index is 2090. The molecule has 2 aromatic heterocycles. The summed E-state index contributed by atoms with van der Waals surface area (Å²) < 4.78 is 21.4. The summed E-state index contributed by atoms with van der Waals surface area (Å²) in [5.41, 5.74) is 5.95. The third kappa shape index (κ3) is 5.83. The minimum Gasteiger partial charge on any atom is -0.451 e. The van der Waals surface area contributed by atoms with Gasteiger partial charge in [0.05, 0.1) is 17.2 Å². The number of hydrogen-bond donors (Lipinski definition) is 2. The molecule has 4 heterocycles. The fourth-order valence-electron chi connectivity index (χ4n) is 7.52. The molecule has 1 saturated carbocycles. The minimum atomic E-state index is -0.356. The summed E-state index contributed by atoms with van der Waals surface area (Å²) in [5, 5.41) is 0. The van der Waals surface area contributed by atoms with Crippen molar-refractivity contribution < 1.29 is 13.9 Å². The molecule has 0 radical (unpaired) electrons. The molecule has 2 aliphatic heterocycles. The number of carbonyl (C=O) groups excluding carboxylic acids is 1.